The van der Waals surface area contributed by atoms with E-state index in [2.05, 4.69) is 12.1 Å². The Labute approximate surface area is 114 Å². The number of morpholine rings is 1. The van der Waals surface area contributed by atoms with Crippen molar-refractivity contribution in [3.8, 4) is 0 Å². The highest BCUT2D eigenvalue weighted by atomic mass is 16.5. The highest BCUT2D eigenvalue weighted by molar-refractivity contribution is 5.76. The van der Waals surface area contributed by atoms with Gasteiger partial charge in [0.1, 0.15) is 0 Å². The normalized spacial score (nSPS) is 21.2. The van der Waals surface area contributed by atoms with Crippen LogP contribution < -0.4 is 5.73 Å². The lowest BCUT2D eigenvalue weighted by Crippen LogP contribution is -2.47. The number of hydrogen-bond acceptors (Lipinski definition) is 3. The summed E-state index contributed by atoms with van der Waals surface area (Å²) in [6.45, 7) is 3.82. The standard InChI is InChI=1S/C15H22N2O2/c1-12(16)9-15(18)17-7-8-19-14(11-17)10-13-5-3-2-4-6-13/h2-6,12,14H,7-11,16H2,1H3. The number of nitrogens with zero attached hydrogens (tertiary/aromatic N) is 1. The quantitative estimate of drug-likeness (QED) is 0.887. The first kappa shape index (κ1) is 14.0. The lowest BCUT2D eigenvalue weighted by molar-refractivity contribution is -0.139. The van der Waals surface area contributed by atoms with Gasteiger partial charge in [0.05, 0.1) is 12.7 Å². The van der Waals surface area contributed by atoms with E-state index in [0.717, 1.165) is 6.42 Å². The monoisotopic (exact) mass is 262 g/mol. The van der Waals surface area contributed by atoms with Crippen molar-refractivity contribution in [3.63, 3.8) is 0 Å². The van der Waals surface area contributed by atoms with Crippen LogP contribution in [0.25, 0.3) is 0 Å². The zero-order chi connectivity index (χ0) is 13.7. The summed E-state index contributed by atoms with van der Waals surface area (Å²) in [6.07, 6.45) is 1.36. The molecule has 2 N–H and O–H groups in total. The van der Waals surface area contributed by atoms with Crippen LogP contribution in [-0.2, 0) is 16.0 Å². The Kier molecular flexibility index (Phi) is 4.93. The maximum Gasteiger partial charge on any atom is 0.224 e. The second-order valence-electron chi connectivity index (χ2n) is 5.20. The minimum Gasteiger partial charge on any atom is -0.374 e. The molecule has 0 aliphatic carbocycles. The molecule has 0 saturated carbocycles. The van der Waals surface area contributed by atoms with E-state index in [1.165, 1.54) is 5.56 Å². The van der Waals surface area contributed by atoms with E-state index in [0.29, 0.717) is 26.1 Å². The Morgan fingerprint density at radius 1 is 1.47 bits per heavy atom. The Morgan fingerprint density at radius 2 is 2.21 bits per heavy atom. The van der Waals surface area contributed by atoms with E-state index in [1.807, 2.05) is 30.0 Å². The first-order chi connectivity index (χ1) is 9.15. The SMILES string of the molecule is CC(N)CC(=O)N1CCOC(Cc2ccccc2)C1. The number of benzene rings is 1. The van der Waals surface area contributed by atoms with Crippen LogP contribution in [0.4, 0.5) is 0 Å². The summed E-state index contributed by atoms with van der Waals surface area (Å²) in [5, 5.41) is 0. The van der Waals surface area contributed by atoms with E-state index in [1.54, 1.807) is 0 Å². The molecule has 2 unspecified atom stereocenters. The fourth-order valence-corrected chi connectivity index (χ4v) is 2.35. The fraction of sp³-hybridized carbons (Fsp3) is 0.533. The summed E-state index contributed by atoms with van der Waals surface area (Å²) in [5.41, 5.74) is 6.92. The van der Waals surface area contributed by atoms with Gasteiger partial charge in [0, 0.05) is 32.0 Å². The van der Waals surface area contributed by atoms with E-state index in [9.17, 15) is 4.79 Å². The highest BCUT2D eigenvalue weighted by Crippen LogP contribution is 2.12. The van der Waals surface area contributed by atoms with Gasteiger partial charge < -0.3 is 15.4 Å². The summed E-state index contributed by atoms with van der Waals surface area (Å²) in [4.78, 5) is 13.9. The predicted octanol–water partition coefficient (Wildman–Crippen LogP) is 1.19. The second-order valence-corrected chi connectivity index (χ2v) is 5.20. The molecule has 4 nitrogen and oxygen atoms in total. The first-order valence-corrected chi connectivity index (χ1v) is 6.84. The van der Waals surface area contributed by atoms with Gasteiger partial charge in [0.2, 0.25) is 5.91 Å². The zero-order valence-electron chi connectivity index (χ0n) is 11.4. The van der Waals surface area contributed by atoms with Gasteiger partial charge in [-0.05, 0) is 12.5 Å². The van der Waals surface area contributed by atoms with Gasteiger partial charge >= 0.3 is 0 Å². The van der Waals surface area contributed by atoms with Gasteiger partial charge in [-0.2, -0.15) is 0 Å². The minimum absolute atomic E-state index is 0.0806. The van der Waals surface area contributed by atoms with Crippen LogP contribution in [0.1, 0.15) is 18.9 Å². The number of carbonyl (C=O) groups excluding carboxylic acids is 1. The lowest BCUT2D eigenvalue weighted by atomic mass is 10.1. The van der Waals surface area contributed by atoms with Crippen LogP contribution in [-0.4, -0.2) is 42.6 Å². The number of amides is 1. The van der Waals surface area contributed by atoms with Crippen molar-refractivity contribution in [3.05, 3.63) is 35.9 Å². The largest absolute Gasteiger partial charge is 0.374 e. The smallest absolute Gasteiger partial charge is 0.224 e. The molecule has 1 fully saturated rings. The first-order valence-electron chi connectivity index (χ1n) is 6.84. The molecular formula is C15H22N2O2. The molecule has 19 heavy (non-hydrogen) atoms. The van der Waals surface area contributed by atoms with Gasteiger partial charge in [-0.3, -0.25) is 4.79 Å². The molecule has 1 aliphatic rings. The summed E-state index contributed by atoms with van der Waals surface area (Å²) < 4.78 is 5.74. The number of nitrogens with two attached hydrogens (primary N) is 1. The Hall–Kier alpha value is -1.39. The molecule has 1 amide bonds. The minimum atomic E-state index is -0.0806. The van der Waals surface area contributed by atoms with E-state index in [4.69, 9.17) is 10.5 Å². The predicted molar refractivity (Wildman–Crippen MR) is 74.7 cm³/mol. The van der Waals surface area contributed by atoms with Crippen LogP contribution in [0.5, 0.6) is 0 Å². The molecule has 1 aromatic carbocycles. The average molecular weight is 262 g/mol. The van der Waals surface area contributed by atoms with Crippen LogP contribution in [0.3, 0.4) is 0 Å². The number of carbonyl (C=O) groups is 1. The molecular weight excluding hydrogens is 240 g/mol. The van der Waals surface area contributed by atoms with Gasteiger partial charge in [-0.15, -0.1) is 0 Å². The molecule has 1 aliphatic heterocycles. The van der Waals surface area contributed by atoms with Crippen molar-refractivity contribution in [1.29, 1.82) is 0 Å². The van der Waals surface area contributed by atoms with Crippen molar-refractivity contribution in [2.24, 2.45) is 5.73 Å². The van der Waals surface area contributed by atoms with Crippen molar-refractivity contribution >= 4 is 5.91 Å². The maximum absolute atomic E-state index is 12.0. The number of hydrogen-bond donors (Lipinski definition) is 1. The molecule has 1 heterocycles. The van der Waals surface area contributed by atoms with E-state index >= 15 is 0 Å². The second kappa shape index (κ2) is 6.68. The van der Waals surface area contributed by atoms with Crippen LogP contribution in [0.2, 0.25) is 0 Å². The molecule has 0 bridgehead atoms. The van der Waals surface area contributed by atoms with Crippen LogP contribution in [0.15, 0.2) is 30.3 Å². The molecule has 0 aromatic heterocycles. The molecule has 2 rings (SSSR count). The molecule has 4 heteroatoms. The van der Waals surface area contributed by atoms with Gasteiger partial charge in [0.25, 0.3) is 0 Å². The molecule has 2 atom stereocenters. The van der Waals surface area contributed by atoms with E-state index in [-0.39, 0.29) is 18.1 Å². The average Bonchev–Trinajstić information content (AvgIpc) is 2.39. The molecule has 104 valence electrons. The summed E-state index contributed by atoms with van der Waals surface area (Å²) in [7, 11) is 0. The highest BCUT2D eigenvalue weighted by Gasteiger charge is 2.24. The van der Waals surface area contributed by atoms with Crippen molar-refractivity contribution in [2.75, 3.05) is 19.7 Å². The maximum atomic E-state index is 12.0. The van der Waals surface area contributed by atoms with Crippen LogP contribution >= 0.6 is 0 Å². The number of ether oxygens (including phenoxy) is 1. The Bertz CT molecular complexity index is 406. The Morgan fingerprint density at radius 3 is 2.89 bits per heavy atom. The third-order valence-electron chi connectivity index (χ3n) is 3.29. The van der Waals surface area contributed by atoms with Crippen molar-refractivity contribution in [2.45, 2.75) is 31.9 Å². The van der Waals surface area contributed by atoms with Crippen LogP contribution in [0, 0.1) is 0 Å². The van der Waals surface area contributed by atoms with Crippen molar-refractivity contribution < 1.29 is 9.53 Å². The number of rotatable bonds is 4. The topological polar surface area (TPSA) is 55.6 Å². The third-order valence-corrected chi connectivity index (χ3v) is 3.29. The summed E-state index contributed by atoms with van der Waals surface area (Å²) in [6, 6.07) is 10.2. The molecule has 1 aromatic rings. The lowest BCUT2D eigenvalue weighted by Gasteiger charge is -2.33. The fourth-order valence-electron chi connectivity index (χ4n) is 2.35. The Balaban J connectivity index is 1.88. The zero-order valence-corrected chi connectivity index (χ0v) is 11.4. The summed E-state index contributed by atoms with van der Waals surface area (Å²) in [5.74, 6) is 0.136. The van der Waals surface area contributed by atoms with Gasteiger partial charge in [-0.25, -0.2) is 0 Å². The molecule has 0 spiro atoms. The van der Waals surface area contributed by atoms with Gasteiger partial charge in [-0.1, -0.05) is 30.3 Å². The third kappa shape index (κ3) is 4.33. The molecule has 0 radical (unpaired) electrons. The summed E-state index contributed by atoms with van der Waals surface area (Å²) >= 11 is 0. The van der Waals surface area contributed by atoms with E-state index < -0.39 is 0 Å². The van der Waals surface area contributed by atoms with Gasteiger partial charge in [0.15, 0.2) is 0 Å². The molecule has 1 saturated heterocycles. The van der Waals surface area contributed by atoms with Crippen molar-refractivity contribution in [1.82, 2.24) is 4.90 Å².